The molecule has 28 heavy (non-hydrogen) atoms. The Morgan fingerprint density at radius 2 is 1.82 bits per heavy atom. The topological polar surface area (TPSA) is 56.4 Å². The molecule has 0 spiro atoms. The molecule has 5 nitrogen and oxygen atoms in total. The largest absolute Gasteiger partial charge is 0.356 e. The minimum Gasteiger partial charge on any atom is -0.356 e. The number of aromatic nitrogens is 1. The fraction of sp³-hybridized carbons (Fsp3) is 0.478. The quantitative estimate of drug-likeness (QED) is 0.711. The summed E-state index contributed by atoms with van der Waals surface area (Å²) >= 11 is 0. The monoisotopic (exact) mass is 379 g/mol. The van der Waals surface area contributed by atoms with Crippen LogP contribution < -0.4 is 0 Å². The number of amides is 1. The lowest BCUT2D eigenvalue weighted by molar-refractivity contribution is 0.0787. The second kappa shape index (κ2) is 8.74. The number of likely N-dealkylation sites (tertiary alicyclic amines) is 1. The zero-order valence-electron chi connectivity index (χ0n) is 16.4. The van der Waals surface area contributed by atoms with E-state index in [0.717, 1.165) is 39.0 Å². The first-order valence-corrected chi connectivity index (χ1v) is 10.5. The van der Waals surface area contributed by atoms with Gasteiger partial charge in [-0.1, -0.05) is 36.8 Å². The number of aromatic amines is 1. The van der Waals surface area contributed by atoms with Crippen LogP contribution in [0.15, 0.2) is 42.6 Å². The molecule has 2 aliphatic rings. The number of carbonyl (C=O) groups is 2. The summed E-state index contributed by atoms with van der Waals surface area (Å²) in [4.78, 5) is 32.6. The molecule has 4 rings (SSSR count). The van der Waals surface area contributed by atoms with Crippen molar-refractivity contribution in [2.75, 3.05) is 26.2 Å². The molecule has 1 amide bonds. The maximum absolute atomic E-state index is 12.9. The maximum Gasteiger partial charge on any atom is 0.270 e. The third-order valence-electron chi connectivity index (χ3n) is 5.99. The van der Waals surface area contributed by atoms with Gasteiger partial charge in [-0.05, 0) is 43.2 Å². The van der Waals surface area contributed by atoms with E-state index in [1.165, 1.54) is 24.8 Å². The Bertz CT molecular complexity index is 804. The van der Waals surface area contributed by atoms with E-state index in [1.54, 1.807) is 12.3 Å². The number of nitrogens with zero attached hydrogens (tertiary/aromatic N) is 2. The van der Waals surface area contributed by atoms with Crippen molar-refractivity contribution < 1.29 is 9.59 Å². The molecule has 2 heterocycles. The normalized spacial score (nSPS) is 17.1. The van der Waals surface area contributed by atoms with Gasteiger partial charge in [0.25, 0.3) is 5.91 Å². The summed E-state index contributed by atoms with van der Waals surface area (Å²) in [7, 11) is 0. The van der Waals surface area contributed by atoms with Crippen LogP contribution in [0.3, 0.4) is 0 Å². The van der Waals surface area contributed by atoms with Gasteiger partial charge >= 0.3 is 0 Å². The summed E-state index contributed by atoms with van der Waals surface area (Å²) in [6, 6.07) is 12.1. The van der Waals surface area contributed by atoms with Crippen molar-refractivity contribution in [3.8, 4) is 0 Å². The van der Waals surface area contributed by atoms with Gasteiger partial charge in [0, 0.05) is 37.9 Å². The zero-order chi connectivity index (χ0) is 19.3. The van der Waals surface area contributed by atoms with Gasteiger partial charge in [-0.3, -0.25) is 14.5 Å². The van der Waals surface area contributed by atoms with Gasteiger partial charge in [-0.25, -0.2) is 0 Å². The number of ketones is 1. The predicted octanol–water partition coefficient (Wildman–Crippen LogP) is 3.74. The van der Waals surface area contributed by atoms with Crippen molar-refractivity contribution in [3.63, 3.8) is 0 Å². The van der Waals surface area contributed by atoms with Gasteiger partial charge in [-0.15, -0.1) is 0 Å². The van der Waals surface area contributed by atoms with Gasteiger partial charge in [0.05, 0.1) is 6.54 Å². The summed E-state index contributed by atoms with van der Waals surface area (Å²) in [5.74, 6) is 0.786. The number of rotatable bonds is 8. The zero-order valence-corrected chi connectivity index (χ0v) is 16.4. The van der Waals surface area contributed by atoms with Crippen LogP contribution in [0.5, 0.6) is 0 Å². The van der Waals surface area contributed by atoms with Crippen LogP contribution in [0.4, 0.5) is 0 Å². The number of nitrogens with one attached hydrogen (secondary N) is 1. The Morgan fingerprint density at radius 1 is 1.07 bits per heavy atom. The van der Waals surface area contributed by atoms with Crippen molar-refractivity contribution >= 4 is 11.7 Å². The van der Waals surface area contributed by atoms with Gasteiger partial charge in [0.15, 0.2) is 5.78 Å². The Morgan fingerprint density at radius 3 is 2.50 bits per heavy atom. The first-order chi connectivity index (χ1) is 13.7. The minimum atomic E-state index is 0.00663. The minimum absolute atomic E-state index is 0.00663. The van der Waals surface area contributed by atoms with Gasteiger partial charge in [0.1, 0.15) is 5.69 Å². The highest BCUT2D eigenvalue weighted by Gasteiger charge is 2.24. The fourth-order valence-electron chi connectivity index (χ4n) is 4.13. The molecule has 0 atom stereocenters. The molecule has 0 radical (unpaired) electrons. The van der Waals surface area contributed by atoms with Crippen LogP contribution in [-0.4, -0.2) is 52.7 Å². The second-order valence-corrected chi connectivity index (χ2v) is 8.18. The van der Waals surface area contributed by atoms with E-state index in [1.807, 2.05) is 23.1 Å². The third kappa shape index (κ3) is 4.53. The molecular formula is C23H29N3O2. The summed E-state index contributed by atoms with van der Waals surface area (Å²) in [6.45, 7) is 3.76. The molecule has 1 saturated carbocycles. The lowest BCUT2D eigenvalue weighted by atomic mass is 9.85. The molecule has 1 aromatic carbocycles. The van der Waals surface area contributed by atoms with E-state index in [4.69, 9.17) is 0 Å². The maximum atomic E-state index is 12.9. The predicted molar refractivity (Wildman–Crippen MR) is 109 cm³/mol. The number of hydrogen-bond acceptors (Lipinski definition) is 3. The molecule has 1 N–H and O–H groups in total. The van der Waals surface area contributed by atoms with Crippen LogP contribution in [0, 0.1) is 5.92 Å². The van der Waals surface area contributed by atoms with Crippen LogP contribution in [0.25, 0.3) is 0 Å². The summed E-state index contributed by atoms with van der Waals surface area (Å²) < 4.78 is 0. The summed E-state index contributed by atoms with van der Waals surface area (Å²) in [5, 5.41) is 0. The van der Waals surface area contributed by atoms with Crippen molar-refractivity contribution in [1.82, 2.24) is 14.8 Å². The van der Waals surface area contributed by atoms with Crippen LogP contribution in [-0.2, 0) is 6.54 Å². The lowest BCUT2D eigenvalue weighted by Crippen LogP contribution is -2.36. The highest BCUT2D eigenvalue weighted by Crippen LogP contribution is 2.27. The Labute approximate surface area is 166 Å². The molecule has 0 bridgehead atoms. The number of carbonyl (C=O) groups excluding carboxylic acids is 2. The fourth-order valence-corrected chi connectivity index (χ4v) is 4.13. The van der Waals surface area contributed by atoms with Crippen molar-refractivity contribution in [1.29, 1.82) is 0 Å². The Hall–Kier alpha value is -2.40. The van der Waals surface area contributed by atoms with E-state index < -0.39 is 0 Å². The highest BCUT2D eigenvalue weighted by molar-refractivity contribution is 6.01. The molecule has 0 unspecified atom stereocenters. The molecule has 2 fully saturated rings. The molecule has 148 valence electrons. The molecule has 5 heteroatoms. The van der Waals surface area contributed by atoms with E-state index in [0.29, 0.717) is 23.7 Å². The van der Waals surface area contributed by atoms with Crippen molar-refractivity contribution in [3.05, 3.63) is 59.4 Å². The smallest absolute Gasteiger partial charge is 0.270 e. The number of benzene rings is 1. The van der Waals surface area contributed by atoms with Crippen LogP contribution in [0.2, 0.25) is 0 Å². The first kappa shape index (κ1) is 18.9. The van der Waals surface area contributed by atoms with Crippen LogP contribution in [0.1, 0.15) is 58.5 Å². The van der Waals surface area contributed by atoms with Gasteiger partial charge < -0.3 is 9.88 Å². The molecular weight excluding hydrogens is 350 g/mol. The number of Topliss-reactive ketones (excluding diaryl/α,β-unsaturated/α-hetero) is 1. The Balaban J connectivity index is 1.41. The Kier molecular flexibility index (Phi) is 5.91. The SMILES string of the molecule is O=C(CN(Cc1ccccc1)CC1CCC1)c1c[nH]c(C(=O)N2CCCC2)c1. The standard InChI is InChI=1S/C23H29N3O2/c27-22(20-13-21(24-14-20)23(28)26-11-4-5-12-26)17-25(16-19-9-6-10-19)15-18-7-2-1-3-8-18/h1-3,7-8,13-14,19,24H,4-6,9-12,15-17H2. The average molecular weight is 380 g/mol. The van der Waals surface area contributed by atoms with E-state index >= 15 is 0 Å². The molecule has 2 aromatic rings. The average Bonchev–Trinajstić information content (AvgIpc) is 3.36. The highest BCUT2D eigenvalue weighted by atomic mass is 16.2. The second-order valence-electron chi connectivity index (χ2n) is 8.18. The lowest BCUT2D eigenvalue weighted by Gasteiger charge is -2.32. The van der Waals surface area contributed by atoms with Crippen LogP contribution >= 0.6 is 0 Å². The molecule has 1 aromatic heterocycles. The third-order valence-corrected chi connectivity index (χ3v) is 5.99. The van der Waals surface area contributed by atoms with Gasteiger partial charge in [-0.2, -0.15) is 0 Å². The van der Waals surface area contributed by atoms with E-state index in [-0.39, 0.29) is 11.7 Å². The summed E-state index contributed by atoms with van der Waals surface area (Å²) in [6.07, 6.45) is 7.64. The van der Waals surface area contributed by atoms with E-state index in [2.05, 4.69) is 22.0 Å². The molecule has 1 aliphatic heterocycles. The van der Waals surface area contributed by atoms with Gasteiger partial charge in [0.2, 0.25) is 0 Å². The van der Waals surface area contributed by atoms with Crippen molar-refractivity contribution in [2.24, 2.45) is 5.92 Å². The molecule has 1 saturated heterocycles. The summed E-state index contributed by atoms with van der Waals surface area (Å²) in [5.41, 5.74) is 2.36. The molecule has 1 aliphatic carbocycles. The van der Waals surface area contributed by atoms with Crippen molar-refractivity contribution in [2.45, 2.75) is 38.6 Å². The number of hydrogen-bond donors (Lipinski definition) is 1. The van der Waals surface area contributed by atoms with E-state index in [9.17, 15) is 9.59 Å². The number of H-pyrrole nitrogens is 1. The first-order valence-electron chi connectivity index (χ1n) is 10.5.